The van der Waals surface area contributed by atoms with E-state index in [1.165, 1.54) is 12.1 Å². The molecule has 4 aromatic carbocycles. The lowest BCUT2D eigenvalue weighted by Crippen LogP contribution is -2.28. The molecule has 2 unspecified atom stereocenters. The average molecular weight is 495 g/mol. The Morgan fingerprint density at radius 2 is 0.853 bits per heavy atom. The Labute approximate surface area is 200 Å². The van der Waals surface area contributed by atoms with E-state index in [0.717, 1.165) is 11.1 Å². The van der Waals surface area contributed by atoms with Crippen molar-refractivity contribution in [3.63, 3.8) is 0 Å². The van der Waals surface area contributed by atoms with E-state index in [-0.39, 0.29) is 9.79 Å². The lowest BCUT2D eigenvalue weighted by molar-refractivity contribution is 0.565. The van der Waals surface area contributed by atoms with Crippen LogP contribution in [-0.2, 0) is 20.0 Å². The third kappa shape index (κ3) is 5.05. The van der Waals surface area contributed by atoms with Crippen LogP contribution in [0.15, 0.2) is 107 Å². The number of nitrogens with one attached hydrogen (secondary N) is 2. The fourth-order valence-electron chi connectivity index (χ4n) is 3.93. The molecule has 0 amide bonds. The van der Waals surface area contributed by atoms with Gasteiger partial charge in [0.2, 0.25) is 20.0 Å². The first-order valence-corrected chi connectivity index (χ1v) is 13.8. The number of sulfonamides is 2. The first-order valence-electron chi connectivity index (χ1n) is 10.9. The lowest BCUT2D eigenvalue weighted by atomic mass is 10.1. The Hall–Kier alpha value is -3.04. The van der Waals surface area contributed by atoms with Gasteiger partial charge in [-0.05, 0) is 37.1 Å². The van der Waals surface area contributed by atoms with Crippen molar-refractivity contribution >= 4 is 30.8 Å². The Balaban J connectivity index is 1.71. The molecule has 8 heteroatoms. The summed E-state index contributed by atoms with van der Waals surface area (Å²) in [7, 11) is -7.86. The Kier molecular flexibility index (Phi) is 6.86. The van der Waals surface area contributed by atoms with Gasteiger partial charge in [0.05, 0.1) is 9.79 Å². The van der Waals surface area contributed by atoms with Gasteiger partial charge in [0.25, 0.3) is 0 Å². The van der Waals surface area contributed by atoms with Gasteiger partial charge in [0.15, 0.2) is 0 Å². The van der Waals surface area contributed by atoms with Crippen LogP contribution in [0.3, 0.4) is 0 Å². The van der Waals surface area contributed by atoms with Crippen LogP contribution in [0.5, 0.6) is 0 Å². The van der Waals surface area contributed by atoms with Gasteiger partial charge in [-0.2, -0.15) is 0 Å². The maximum absolute atomic E-state index is 13.3. The molecule has 0 heterocycles. The molecule has 4 aromatic rings. The van der Waals surface area contributed by atoms with Gasteiger partial charge in [0, 0.05) is 22.9 Å². The normalized spacial score (nSPS) is 14.1. The highest BCUT2D eigenvalue weighted by molar-refractivity contribution is 7.90. The third-order valence-corrected chi connectivity index (χ3v) is 8.88. The van der Waals surface area contributed by atoms with Crippen LogP contribution in [0.4, 0.5) is 0 Å². The molecule has 0 aromatic heterocycles. The summed E-state index contributed by atoms with van der Waals surface area (Å²) in [5.41, 5.74) is 1.65. The lowest BCUT2D eigenvalue weighted by Gasteiger charge is -2.18. The Morgan fingerprint density at radius 1 is 0.500 bits per heavy atom. The Morgan fingerprint density at radius 3 is 1.21 bits per heavy atom. The van der Waals surface area contributed by atoms with Crippen LogP contribution in [0.25, 0.3) is 10.8 Å². The second kappa shape index (κ2) is 9.68. The van der Waals surface area contributed by atoms with E-state index in [0.29, 0.717) is 10.8 Å². The van der Waals surface area contributed by atoms with Crippen molar-refractivity contribution in [3.8, 4) is 0 Å². The molecule has 2 N–H and O–H groups in total. The van der Waals surface area contributed by atoms with Crippen LogP contribution in [0, 0.1) is 0 Å². The monoisotopic (exact) mass is 494 g/mol. The van der Waals surface area contributed by atoms with Gasteiger partial charge < -0.3 is 0 Å². The van der Waals surface area contributed by atoms with E-state index >= 15 is 0 Å². The van der Waals surface area contributed by atoms with E-state index < -0.39 is 32.1 Å². The molecule has 2 atom stereocenters. The van der Waals surface area contributed by atoms with Crippen LogP contribution in [-0.4, -0.2) is 16.8 Å². The number of hydrogen-bond acceptors (Lipinski definition) is 4. The van der Waals surface area contributed by atoms with Crippen molar-refractivity contribution in [2.75, 3.05) is 0 Å². The molecule has 0 radical (unpaired) electrons. The SMILES string of the molecule is CC(NS(=O)(=O)c1cccc2c(S(=O)(=O)NC(C)c3ccccc3)cccc12)c1ccccc1. The standard InChI is InChI=1S/C26H26N2O4S2/c1-19(21-11-5-3-6-12-21)27-33(29,30)25-17-9-16-24-23(25)15-10-18-26(24)34(31,32)28-20(2)22-13-7-4-8-14-22/h3-20,27-28H,1-2H3. The van der Waals surface area contributed by atoms with Crippen LogP contribution in [0.2, 0.25) is 0 Å². The zero-order valence-electron chi connectivity index (χ0n) is 18.8. The Bertz CT molecular complexity index is 1390. The zero-order valence-corrected chi connectivity index (χ0v) is 20.5. The fourth-order valence-corrected chi connectivity index (χ4v) is 6.84. The molecular weight excluding hydrogens is 468 g/mol. The van der Waals surface area contributed by atoms with Gasteiger partial charge in [-0.15, -0.1) is 0 Å². The summed E-state index contributed by atoms with van der Waals surface area (Å²) in [5.74, 6) is 0. The molecule has 176 valence electrons. The predicted octanol–water partition coefficient (Wildman–Crippen LogP) is 4.92. The van der Waals surface area contributed by atoms with Gasteiger partial charge >= 0.3 is 0 Å². The molecule has 0 saturated heterocycles. The molecule has 6 nitrogen and oxygen atoms in total. The van der Waals surface area contributed by atoms with E-state index in [9.17, 15) is 16.8 Å². The van der Waals surface area contributed by atoms with Gasteiger partial charge in [-0.25, -0.2) is 26.3 Å². The van der Waals surface area contributed by atoms with Gasteiger partial charge in [0.1, 0.15) is 0 Å². The van der Waals surface area contributed by atoms with Crippen LogP contribution >= 0.6 is 0 Å². The number of fused-ring (bicyclic) bond motifs is 1. The number of benzene rings is 4. The molecular formula is C26H26N2O4S2. The summed E-state index contributed by atoms with van der Waals surface area (Å²) in [6.07, 6.45) is 0. The molecule has 0 fully saturated rings. The highest BCUT2D eigenvalue weighted by Crippen LogP contribution is 2.30. The number of rotatable bonds is 8. The highest BCUT2D eigenvalue weighted by Gasteiger charge is 2.25. The quantitative estimate of drug-likeness (QED) is 0.364. The van der Waals surface area contributed by atoms with Gasteiger partial charge in [-0.1, -0.05) is 84.9 Å². The summed E-state index contributed by atoms with van der Waals surface area (Å²) in [4.78, 5) is 0.0573. The summed E-state index contributed by atoms with van der Waals surface area (Å²) < 4.78 is 58.5. The fraction of sp³-hybridized carbons (Fsp3) is 0.154. The van der Waals surface area contributed by atoms with Crippen LogP contribution < -0.4 is 9.44 Å². The summed E-state index contributed by atoms with van der Waals surface area (Å²) in [6, 6.07) is 26.9. The first kappa shape index (κ1) is 24.1. The maximum Gasteiger partial charge on any atom is 0.241 e. The van der Waals surface area contributed by atoms with Crippen molar-refractivity contribution in [3.05, 3.63) is 108 Å². The summed E-state index contributed by atoms with van der Waals surface area (Å²) in [6.45, 7) is 3.53. The predicted molar refractivity (Wildman–Crippen MR) is 134 cm³/mol. The molecule has 34 heavy (non-hydrogen) atoms. The number of hydrogen-bond donors (Lipinski definition) is 2. The molecule has 0 aliphatic rings. The molecule has 0 saturated carbocycles. The van der Waals surface area contributed by atoms with Crippen LogP contribution in [0.1, 0.15) is 37.1 Å². The minimum absolute atomic E-state index is 0.0286. The second-order valence-corrected chi connectivity index (χ2v) is 11.5. The van der Waals surface area contributed by atoms with Crippen molar-refractivity contribution in [2.24, 2.45) is 0 Å². The van der Waals surface area contributed by atoms with Crippen molar-refractivity contribution in [1.29, 1.82) is 0 Å². The van der Waals surface area contributed by atoms with Crippen molar-refractivity contribution in [2.45, 2.75) is 35.7 Å². The molecule has 0 bridgehead atoms. The smallest absolute Gasteiger partial charge is 0.207 e. The zero-order chi connectivity index (χ0) is 24.3. The summed E-state index contributed by atoms with van der Waals surface area (Å²) in [5, 5.41) is 0.677. The third-order valence-electron chi connectivity index (χ3n) is 5.68. The van der Waals surface area contributed by atoms with E-state index in [2.05, 4.69) is 9.44 Å². The maximum atomic E-state index is 13.3. The minimum atomic E-state index is -3.93. The van der Waals surface area contributed by atoms with Crippen molar-refractivity contribution < 1.29 is 16.8 Å². The molecule has 0 aliphatic carbocycles. The van der Waals surface area contributed by atoms with E-state index in [4.69, 9.17) is 0 Å². The second-order valence-electron chi connectivity index (χ2n) is 8.11. The topological polar surface area (TPSA) is 92.3 Å². The van der Waals surface area contributed by atoms with Gasteiger partial charge in [-0.3, -0.25) is 0 Å². The largest absolute Gasteiger partial charge is 0.241 e. The highest BCUT2D eigenvalue weighted by atomic mass is 32.2. The average Bonchev–Trinajstić information content (AvgIpc) is 2.83. The molecule has 0 aliphatic heterocycles. The first-order chi connectivity index (χ1) is 16.2. The van der Waals surface area contributed by atoms with Crippen molar-refractivity contribution in [1.82, 2.24) is 9.44 Å². The molecule has 4 rings (SSSR count). The molecule has 0 spiro atoms. The van der Waals surface area contributed by atoms with E-state index in [1.54, 1.807) is 38.1 Å². The summed E-state index contributed by atoms with van der Waals surface area (Å²) >= 11 is 0. The van der Waals surface area contributed by atoms with E-state index in [1.807, 2.05) is 60.7 Å². The minimum Gasteiger partial charge on any atom is -0.207 e.